The number of methoxy groups -OCH3 is 1. The predicted molar refractivity (Wildman–Crippen MR) is 85.9 cm³/mol. The van der Waals surface area contributed by atoms with Gasteiger partial charge in [0.1, 0.15) is 0 Å². The zero-order chi connectivity index (χ0) is 15.5. The number of aromatic nitrogens is 1. The van der Waals surface area contributed by atoms with E-state index in [1.807, 2.05) is 5.38 Å². The fourth-order valence-corrected chi connectivity index (χ4v) is 3.46. The molecule has 1 aromatic rings. The molecule has 21 heavy (non-hydrogen) atoms. The average Bonchev–Trinajstić information content (AvgIpc) is 2.88. The molecule has 0 bridgehead atoms. The summed E-state index contributed by atoms with van der Waals surface area (Å²) in [5.74, 6) is 0.0284. The van der Waals surface area contributed by atoms with Gasteiger partial charge in [0.2, 0.25) is 5.91 Å². The molecule has 2 rings (SSSR count). The molecular weight excluding hydrogens is 286 g/mol. The van der Waals surface area contributed by atoms with Gasteiger partial charge in [-0.2, -0.15) is 0 Å². The summed E-state index contributed by atoms with van der Waals surface area (Å²) in [7, 11) is 1.65. The zero-order valence-electron chi connectivity index (χ0n) is 13.3. The molecule has 6 heteroatoms. The minimum Gasteiger partial charge on any atom is -0.384 e. The van der Waals surface area contributed by atoms with Crippen LogP contribution in [0.5, 0.6) is 0 Å². The molecule has 0 unspecified atom stereocenters. The summed E-state index contributed by atoms with van der Waals surface area (Å²) in [5.41, 5.74) is 0.570. The fourth-order valence-electron chi connectivity index (χ4n) is 2.52. The quantitative estimate of drug-likeness (QED) is 0.896. The van der Waals surface area contributed by atoms with Gasteiger partial charge in [-0.25, -0.2) is 4.98 Å². The van der Waals surface area contributed by atoms with Crippen molar-refractivity contribution in [3.8, 4) is 0 Å². The Labute approximate surface area is 130 Å². The first-order chi connectivity index (χ1) is 9.87. The van der Waals surface area contributed by atoms with E-state index < -0.39 is 5.41 Å². The van der Waals surface area contributed by atoms with E-state index in [9.17, 15) is 4.79 Å². The lowest BCUT2D eigenvalue weighted by atomic mass is 9.79. The van der Waals surface area contributed by atoms with Crippen molar-refractivity contribution in [1.82, 2.24) is 10.3 Å². The van der Waals surface area contributed by atoms with Gasteiger partial charge in [0, 0.05) is 17.9 Å². The highest BCUT2D eigenvalue weighted by molar-refractivity contribution is 7.14. The molecule has 1 aliphatic heterocycles. The van der Waals surface area contributed by atoms with Crippen molar-refractivity contribution in [3.63, 3.8) is 0 Å². The number of carbonyl (C=O) groups excluding carboxylic acids is 1. The number of nitrogens with zero attached hydrogens (tertiary/aromatic N) is 1. The van der Waals surface area contributed by atoms with Gasteiger partial charge in [-0.1, -0.05) is 20.8 Å². The van der Waals surface area contributed by atoms with E-state index in [0.717, 1.165) is 31.6 Å². The standard InChI is InChI=1S/C15H25N3O2S/c1-14(2,3)11-9-21-13(17-11)18-12(19)15(10-20-4)5-7-16-8-6-15/h9,16H,5-8,10H2,1-4H3,(H,17,18,19). The van der Waals surface area contributed by atoms with Crippen molar-refractivity contribution in [2.24, 2.45) is 5.41 Å². The largest absolute Gasteiger partial charge is 0.384 e. The molecule has 0 saturated carbocycles. The molecule has 0 spiro atoms. The van der Waals surface area contributed by atoms with E-state index in [4.69, 9.17) is 4.74 Å². The smallest absolute Gasteiger partial charge is 0.234 e. The molecule has 5 nitrogen and oxygen atoms in total. The molecule has 0 aromatic carbocycles. The molecule has 2 N–H and O–H groups in total. The Balaban J connectivity index is 2.10. The average molecular weight is 311 g/mol. The van der Waals surface area contributed by atoms with Crippen LogP contribution >= 0.6 is 11.3 Å². The van der Waals surface area contributed by atoms with Crippen LogP contribution in [0.3, 0.4) is 0 Å². The second-order valence-electron chi connectivity index (χ2n) is 6.71. The van der Waals surface area contributed by atoms with E-state index in [0.29, 0.717) is 11.7 Å². The van der Waals surface area contributed by atoms with Crippen LogP contribution in [0.25, 0.3) is 0 Å². The van der Waals surface area contributed by atoms with E-state index >= 15 is 0 Å². The number of piperidine rings is 1. The third-order valence-corrected chi connectivity index (χ3v) is 4.71. The van der Waals surface area contributed by atoms with Crippen molar-refractivity contribution in [3.05, 3.63) is 11.1 Å². The monoisotopic (exact) mass is 311 g/mol. The lowest BCUT2D eigenvalue weighted by Gasteiger charge is -2.35. The maximum Gasteiger partial charge on any atom is 0.234 e. The molecule has 118 valence electrons. The number of rotatable bonds is 4. The first-order valence-corrected chi connectivity index (χ1v) is 8.22. The van der Waals surface area contributed by atoms with Gasteiger partial charge in [0.05, 0.1) is 17.7 Å². The number of hydrogen-bond acceptors (Lipinski definition) is 5. The van der Waals surface area contributed by atoms with Gasteiger partial charge in [-0.05, 0) is 25.9 Å². The second-order valence-corrected chi connectivity index (χ2v) is 7.56. The number of thiazole rings is 1. The summed E-state index contributed by atoms with van der Waals surface area (Å²) in [6, 6.07) is 0. The first-order valence-electron chi connectivity index (χ1n) is 7.34. The Bertz CT molecular complexity index is 482. The highest BCUT2D eigenvalue weighted by atomic mass is 32.1. The molecule has 1 aromatic heterocycles. The van der Waals surface area contributed by atoms with Gasteiger partial charge in [0.25, 0.3) is 0 Å². The van der Waals surface area contributed by atoms with Crippen LogP contribution in [0.1, 0.15) is 39.3 Å². The third-order valence-electron chi connectivity index (χ3n) is 3.96. The SMILES string of the molecule is COCC1(C(=O)Nc2nc(C(C)(C)C)cs2)CCNCC1. The number of amides is 1. The molecule has 0 atom stereocenters. The van der Waals surface area contributed by atoms with Gasteiger partial charge in [0.15, 0.2) is 5.13 Å². The van der Waals surface area contributed by atoms with Crippen LogP contribution in [0.15, 0.2) is 5.38 Å². The molecule has 2 heterocycles. The predicted octanol–water partition coefficient (Wildman–Crippen LogP) is 2.40. The first kappa shape index (κ1) is 16.4. The summed E-state index contributed by atoms with van der Waals surface area (Å²) in [6.07, 6.45) is 1.59. The second kappa shape index (κ2) is 6.42. The summed E-state index contributed by atoms with van der Waals surface area (Å²) in [6.45, 7) is 8.51. The molecule has 1 saturated heterocycles. The number of carbonyl (C=O) groups is 1. The number of ether oxygens (including phenoxy) is 1. The lowest BCUT2D eigenvalue weighted by molar-refractivity contribution is -0.130. The van der Waals surface area contributed by atoms with Crippen LogP contribution < -0.4 is 10.6 Å². The van der Waals surface area contributed by atoms with Crippen LogP contribution in [0, 0.1) is 5.41 Å². The molecule has 1 fully saturated rings. The van der Waals surface area contributed by atoms with Gasteiger partial charge >= 0.3 is 0 Å². The summed E-state index contributed by atoms with van der Waals surface area (Å²) < 4.78 is 5.30. The van der Waals surface area contributed by atoms with Crippen LogP contribution in [0.4, 0.5) is 5.13 Å². The van der Waals surface area contributed by atoms with E-state index in [2.05, 4.69) is 36.4 Å². The Morgan fingerprint density at radius 3 is 2.67 bits per heavy atom. The van der Waals surface area contributed by atoms with Crippen LogP contribution in [0.2, 0.25) is 0 Å². The van der Waals surface area contributed by atoms with Gasteiger partial charge in [-0.3, -0.25) is 4.79 Å². The Morgan fingerprint density at radius 2 is 2.14 bits per heavy atom. The van der Waals surface area contributed by atoms with Crippen molar-refractivity contribution >= 4 is 22.4 Å². The Kier molecular flexibility index (Phi) is 5.01. The topological polar surface area (TPSA) is 63.2 Å². The normalized spacial score (nSPS) is 18.5. The summed E-state index contributed by atoms with van der Waals surface area (Å²) in [5, 5.41) is 8.98. The number of nitrogens with one attached hydrogen (secondary N) is 2. The van der Waals surface area contributed by atoms with Crippen LogP contribution in [-0.2, 0) is 14.9 Å². The van der Waals surface area contributed by atoms with E-state index in [1.54, 1.807) is 7.11 Å². The zero-order valence-corrected chi connectivity index (χ0v) is 14.1. The minimum atomic E-state index is -0.437. The van der Waals surface area contributed by atoms with Crippen molar-refractivity contribution in [2.75, 3.05) is 32.1 Å². The maximum absolute atomic E-state index is 12.7. The highest BCUT2D eigenvalue weighted by Crippen LogP contribution is 2.32. The van der Waals surface area contributed by atoms with Crippen molar-refractivity contribution < 1.29 is 9.53 Å². The Hall–Kier alpha value is -0.980. The third kappa shape index (κ3) is 3.81. The molecule has 1 amide bonds. The van der Waals surface area contributed by atoms with Crippen molar-refractivity contribution in [2.45, 2.75) is 39.0 Å². The minimum absolute atomic E-state index is 0.00153. The van der Waals surface area contributed by atoms with E-state index in [-0.39, 0.29) is 11.3 Å². The molecule has 0 aliphatic carbocycles. The summed E-state index contributed by atoms with van der Waals surface area (Å²) in [4.78, 5) is 17.2. The molecule has 1 aliphatic rings. The fraction of sp³-hybridized carbons (Fsp3) is 0.733. The molecule has 0 radical (unpaired) electrons. The van der Waals surface area contributed by atoms with Crippen molar-refractivity contribution in [1.29, 1.82) is 0 Å². The molecular formula is C15H25N3O2S. The Morgan fingerprint density at radius 1 is 1.48 bits per heavy atom. The van der Waals surface area contributed by atoms with E-state index in [1.165, 1.54) is 11.3 Å². The number of hydrogen-bond donors (Lipinski definition) is 2. The number of anilines is 1. The maximum atomic E-state index is 12.7. The van der Waals surface area contributed by atoms with Crippen LogP contribution in [-0.4, -0.2) is 37.7 Å². The van der Waals surface area contributed by atoms with Gasteiger partial charge in [-0.15, -0.1) is 11.3 Å². The lowest BCUT2D eigenvalue weighted by Crippen LogP contribution is -2.47. The summed E-state index contributed by atoms with van der Waals surface area (Å²) >= 11 is 1.49. The highest BCUT2D eigenvalue weighted by Gasteiger charge is 2.40. The van der Waals surface area contributed by atoms with Gasteiger partial charge < -0.3 is 15.4 Å².